The zero-order valence-corrected chi connectivity index (χ0v) is 19.0. The molecule has 1 atom stereocenters. The Bertz CT molecular complexity index is 1400. The van der Waals surface area contributed by atoms with E-state index in [0.717, 1.165) is 43.3 Å². The highest BCUT2D eigenvalue weighted by Crippen LogP contribution is 2.39. The number of fused-ring (bicyclic) bond motifs is 3. The lowest BCUT2D eigenvalue weighted by Gasteiger charge is -2.35. The molecule has 5 rings (SSSR count). The minimum absolute atomic E-state index is 0.174. The van der Waals surface area contributed by atoms with E-state index in [9.17, 15) is 14.7 Å². The fourth-order valence-electron chi connectivity index (χ4n) is 4.57. The lowest BCUT2D eigenvalue weighted by Crippen LogP contribution is -2.41. The molecule has 0 saturated carbocycles. The van der Waals surface area contributed by atoms with Gasteiger partial charge in [0.15, 0.2) is 0 Å². The molecule has 1 aliphatic heterocycles. The van der Waals surface area contributed by atoms with Crippen LogP contribution in [0.3, 0.4) is 0 Å². The van der Waals surface area contributed by atoms with Crippen molar-refractivity contribution >= 4 is 33.5 Å². The third-order valence-electron chi connectivity index (χ3n) is 6.02. The highest BCUT2D eigenvalue weighted by Gasteiger charge is 2.35. The van der Waals surface area contributed by atoms with Crippen LogP contribution in [0.2, 0.25) is 0 Å². The highest BCUT2D eigenvalue weighted by molar-refractivity contribution is 14.1. The van der Waals surface area contributed by atoms with E-state index in [2.05, 4.69) is 43.5 Å². The molecule has 0 radical (unpaired) electrons. The Hall–Kier alpha value is -2.85. The molecule has 0 bridgehead atoms. The number of aromatic nitrogens is 3. The predicted octanol–water partition coefficient (Wildman–Crippen LogP) is 3.28. The third-order valence-corrected chi connectivity index (χ3v) is 6.74. The fourth-order valence-corrected chi connectivity index (χ4v) is 4.93. The quantitative estimate of drug-likeness (QED) is 0.356. The van der Waals surface area contributed by atoms with E-state index in [1.807, 2.05) is 37.3 Å². The molecule has 0 aliphatic carbocycles. The van der Waals surface area contributed by atoms with Crippen molar-refractivity contribution in [3.63, 3.8) is 0 Å². The SMILES string of the molecule is CCN1CCc2c([nH]c3ccccc23)[C@H]1c1c(O)n(-c2ccc(I)cc2)c(=O)[nH]c1=O. The molecule has 2 aromatic heterocycles. The first-order valence-corrected chi connectivity index (χ1v) is 11.2. The minimum Gasteiger partial charge on any atom is -0.494 e. The molecule has 158 valence electrons. The third kappa shape index (κ3) is 3.21. The van der Waals surface area contributed by atoms with Gasteiger partial charge in [-0.2, -0.15) is 0 Å². The standard InChI is InChI=1S/C23H21IN4O3/c1-2-27-12-11-16-15-5-3-4-6-17(15)25-19(16)20(27)18-21(29)26-23(31)28(22(18)30)14-9-7-13(24)8-10-14/h3-10,20,25,30H,2,11-12H2,1H3,(H,26,29,31)/t20-/m1/s1. The monoisotopic (exact) mass is 528 g/mol. The largest absolute Gasteiger partial charge is 0.494 e. The molecule has 0 amide bonds. The van der Waals surface area contributed by atoms with Crippen molar-refractivity contribution in [1.29, 1.82) is 0 Å². The van der Waals surface area contributed by atoms with Gasteiger partial charge in [0.05, 0.1) is 11.7 Å². The normalized spacial score (nSPS) is 16.5. The molecule has 7 nitrogen and oxygen atoms in total. The number of rotatable bonds is 3. The predicted molar refractivity (Wildman–Crippen MR) is 128 cm³/mol. The van der Waals surface area contributed by atoms with Crippen molar-refractivity contribution in [3.05, 3.63) is 89.8 Å². The number of H-pyrrole nitrogens is 2. The van der Waals surface area contributed by atoms with Gasteiger partial charge in [-0.3, -0.25) is 14.7 Å². The number of nitrogens with zero attached hydrogens (tertiary/aromatic N) is 2. The molecule has 3 N–H and O–H groups in total. The van der Waals surface area contributed by atoms with Gasteiger partial charge in [0.2, 0.25) is 5.88 Å². The number of nitrogens with one attached hydrogen (secondary N) is 2. The van der Waals surface area contributed by atoms with Crippen LogP contribution in [0.4, 0.5) is 0 Å². The Morgan fingerprint density at radius 2 is 1.84 bits per heavy atom. The second-order valence-electron chi connectivity index (χ2n) is 7.65. The van der Waals surface area contributed by atoms with Gasteiger partial charge in [-0.05, 0) is 71.5 Å². The van der Waals surface area contributed by atoms with E-state index in [1.165, 1.54) is 0 Å². The Morgan fingerprint density at radius 1 is 1.10 bits per heavy atom. The van der Waals surface area contributed by atoms with Gasteiger partial charge in [0.25, 0.3) is 5.56 Å². The Kier molecular flexibility index (Phi) is 4.98. The summed E-state index contributed by atoms with van der Waals surface area (Å²) in [5.74, 6) is -0.329. The smallest absolute Gasteiger partial charge is 0.335 e. The summed E-state index contributed by atoms with van der Waals surface area (Å²) in [5.41, 5.74) is 2.47. The van der Waals surface area contributed by atoms with Gasteiger partial charge in [0, 0.05) is 26.7 Å². The van der Waals surface area contributed by atoms with E-state index in [4.69, 9.17) is 0 Å². The zero-order valence-electron chi connectivity index (χ0n) is 16.9. The lowest BCUT2D eigenvalue weighted by molar-refractivity contribution is 0.215. The maximum Gasteiger partial charge on any atom is 0.335 e. The molecule has 2 aromatic carbocycles. The first-order valence-electron chi connectivity index (χ1n) is 10.2. The van der Waals surface area contributed by atoms with Gasteiger partial charge in [0.1, 0.15) is 5.56 Å². The van der Waals surface area contributed by atoms with Crippen molar-refractivity contribution < 1.29 is 5.11 Å². The van der Waals surface area contributed by atoms with Crippen LogP contribution in [-0.4, -0.2) is 37.6 Å². The number of benzene rings is 2. The summed E-state index contributed by atoms with van der Waals surface area (Å²) in [5, 5.41) is 12.4. The molecule has 0 saturated heterocycles. The Balaban J connectivity index is 1.78. The average Bonchev–Trinajstić information content (AvgIpc) is 3.14. The van der Waals surface area contributed by atoms with Crippen molar-refractivity contribution in [1.82, 2.24) is 19.4 Å². The first-order chi connectivity index (χ1) is 15.0. The average molecular weight is 528 g/mol. The second-order valence-corrected chi connectivity index (χ2v) is 8.90. The zero-order chi connectivity index (χ0) is 21.7. The van der Waals surface area contributed by atoms with Gasteiger partial charge in [-0.1, -0.05) is 25.1 Å². The van der Waals surface area contributed by atoms with Crippen LogP contribution in [0.15, 0.2) is 58.1 Å². The van der Waals surface area contributed by atoms with Crippen molar-refractivity contribution in [2.24, 2.45) is 0 Å². The van der Waals surface area contributed by atoms with Gasteiger partial charge in [-0.15, -0.1) is 0 Å². The molecule has 8 heteroatoms. The van der Waals surface area contributed by atoms with Crippen molar-refractivity contribution in [2.75, 3.05) is 13.1 Å². The topological polar surface area (TPSA) is 94.1 Å². The van der Waals surface area contributed by atoms with Gasteiger partial charge >= 0.3 is 5.69 Å². The summed E-state index contributed by atoms with van der Waals surface area (Å²) >= 11 is 2.18. The summed E-state index contributed by atoms with van der Waals surface area (Å²) in [6, 6.07) is 14.8. The number of hydrogen-bond acceptors (Lipinski definition) is 4. The van der Waals surface area contributed by atoms with E-state index in [1.54, 1.807) is 12.1 Å². The second kappa shape index (κ2) is 7.69. The molecule has 4 aromatic rings. The molecule has 1 aliphatic rings. The van der Waals surface area contributed by atoms with Crippen LogP contribution < -0.4 is 11.2 Å². The van der Waals surface area contributed by atoms with Crippen LogP contribution in [-0.2, 0) is 6.42 Å². The van der Waals surface area contributed by atoms with Crippen LogP contribution in [0.25, 0.3) is 16.6 Å². The van der Waals surface area contributed by atoms with E-state index in [-0.39, 0.29) is 11.4 Å². The Morgan fingerprint density at radius 3 is 2.58 bits per heavy atom. The van der Waals surface area contributed by atoms with Crippen LogP contribution in [0, 0.1) is 3.57 Å². The van der Waals surface area contributed by atoms with E-state index in [0.29, 0.717) is 12.2 Å². The Labute approximate surface area is 191 Å². The fraction of sp³-hybridized carbons (Fsp3) is 0.217. The number of halogens is 1. The van der Waals surface area contributed by atoms with Crippen LogP contribution in [0.5, 0.6) is 5.88 Å². The van der Waals surface area contributed by atoms with Crippen molar-refractivity contribution in [3.8, 4) is 11.6 Å². The van der Waals surface area contributed by atoms with Gasteiger partial charge in [-0.25, -0.2) is 9.36 Å². The molecule has 31 heavy (non-hydrogen) atoms. The molecule has 0 unspecified atom stereocenters. The van der Waals surface area contributed by atoms with Gasteiger partial charge < -0.3 is 10.1 Å². The molecular weight excluding hydrogens is 507 g/mol. The number of aromatic hydroxyl groups is 1. The number of aromatic amines is 2. The number of likely N-dealkylation sites (N-methyl/N-ethyl adjacent to an activating group) is 1. The molecule has 0 fully saturated rings. The summed E-state index contributed by atoms with van der Waals surface area (Å²) in [6.45, 7) is 3.47. The summed E-state index contributed by atoms with van der Waals surface area (Å²) in [7, 11) is 0. The van der Waals surface area contributed by atoms with E-state index >= 15 is 0 Å². The molecular formula is C23H21IN4O3. The summed E-state index contributed by atoms with van der Waals surface area (Å²) in [4.78, 5) is 33.7. The number of para-hydroxylation sites is 1. The van der Waals surface area contributed by atoms with Crippen LogP contribution in [0.1, 0.15) is 29.8 Å². The maximum atomic E-state index is 13.0. The molecule has 3 heterocycles. The summed E-state index contributed by atoms with van der Waals surface area (Å²) in [6.07, 6.45) is 0.846. The summed E-state index contributed by atoms with van der Waals surface area (Å²) < 4.78 is 2.17. The maximum absolute atomic E-state index is 13.0. The molecule has 0 spiro atoms. The number of hydrogen-bond donors (Lipinski definition) is 3. The first kappa shape index (κ1) is 20.1. The van der Waals surface area contributed by atoms with Crippen molar-refractivity contribution in [2.45, 2.75) is 19.4 Å². The highest BCUT2D eigenvalue weighted by atomic mass is 127. The lowest BCUT2D eigenvalue weighted by atomic mass is 9.93. The van der Waals surface area contributed by atoms with Crippen LogP contribution >= 0.6 is 22.6 Å². The minimum atomic E-state index is -0.664. The van der Waals surface area contributed by atoms with E-state index < -0.39 is 17.3 Å².